The average molecular weight is 82.0 g/mol. The van der Waals surface area contributed by atoms with Crippen molar-refractivity contribution >= 4 is 0 Å². The quantitative estimate of drug-likeness (QED) is 0.317. The lowest BCUT2D eigenvalue weighted by molar-refractivity contribution is -0.465. The first kappa shape index (κ1) is 8.82. The lowest BCUT2D eigenvalue weighted by Gasteiger charge is -1.56. The van der Waals surface area contributed by atoms with Gasteiger partial charge < -0.3 is 0 Å². The molecule has 0 atom stereocenters. The Hall–Kier alpha value is -0.520. The Morgan fingerprint density at radius 1 is 1.20 bits per heavy atom. The van der Waals surface area contributed by atoms with Gasteiger partial charge in [-0.3, -0.25) is 0 Å². The van der Waals surface area contributed by atoms with Gasteiger partial charge in [-0.05, 0) is 0 Å². The van der Waals surface area contributed by atoms with Gasteiger partial charge in [0.25, 0.3) is 0 Å². The molecule has 0 aliphatic rings. The van der Waals surface area contributed by atoms with Crippen LogP contribution in [0.3, 0.4) is 0 Å². The number of hydrogen-bond donors (Lipinski definition) is 2. The van der Waals surface area contributed by atoms with E-state index in [0.717, 1.165) is 0 Å². The molecule has 0 saturated carbocycles. The fraction of sp³-hybridized carbons (Fsp3) is 0. The molecule has 0 aromatic rings. The van der Waals surface area contributed by atoms with Crippen LogP contribution in [-0.4, -0.2) is 10.5 Å². The summed E-state index contributed by atoms with van der Waals surface area (Å²) >= 11 is 0. The molecule has 0 rings (SSSR count). The molecular weight excluding hydrogens is 80.0 g/mol. The van der Waals surface area contributed by atoms with Crippen molar-refractivity contribution in [3.63, 3.8) is 0 Å². The summed E-state index contributed by atoms with van der Waals surface area (Å²) in [7, 11) is 0. The summed E-state index contributed by atoms with van der Waals surface area (Å²) in [5.74, 6) is 0. The van der Waals surface area contributed by atoms with Crippen molar-refractivity contribution in [3.8, 4) is 0 Å². The molecule has 0 heterocycles. The molecule has 0 saturated heterocycles. The van der Waals surface area contributed by atoms with E-state index in [-0.39, 0.29) is 0 Å². The van der Waals surface area contributed by atoms with Gasteiger partial charge in [-0.25, -0.2) is 10.5 Å². The topological polar surface area (TPSA) is 83.8 Å². The summed E-state index contributed by atoms with van der Waals surface area (Å²) in [4.78, 5) is 14.0. The first-order valence-electron chi connectivity index (χ1n) is 0.532. The standard InChI is InChI=1S/H2O3.O2/c1-3-2;1-2/h1-2H;. The van der Waals surface area contributed by atoms with Gasteiger partial charge in [0.05, 0.1) is 0 Å². The molecule has 5 heteroatoms. The average Bonchev–Trinajstić information content (AvgIpc) is 1.46. The Labute approximate surface area is 26.9 Å². The zero-order chi connectivity index (χ0) is 4.71. The summed E-state index contributed by atoms with van der Waals surface area (Å²) in [6.07, 6.45) is 0. The van der Waals surface area contributed by atoms with Gasteiger partial charge in [-0.1, -0.05) is 5.04 Å². The molecule has 0 radical (unpaired) electrons. The van der Waals surface area contributed by atoms with Crippen LogP contribution in [0.5, 0.6) is 0 Å². The highest BCUT2D eigenvalue weighted by Crippen LogP contribution is 1.24. The first-order valence-corrected chi connectivity index (χ1v) is 0.532. The third kappa shape index (κ3) is 28.2. The molecule has 0 aliphatic heterocycles. The number of rotatable bonds is 0. The molecular formula is H2O5. The zero-order valence-electron chi connectivity index (χ0n) is 2.12. The predicted molar refractivity (Wildman–Crippen MR) is 13.1 cm³/mol. The second-order valence-corrected chi connectivity index (χ2v) is 0.0816. The van der Waals surface area contributed by atoms with Crippen molar-refractivity contribution in [2.45, 2.75) is 0 Å². The monoisotopic (exact) mass is 82.0 g/mol. The SMILES string of the molecule is O=O.OOO. The molecule has 0 aromatic carbocycles. The minimum atomic E-state index is 2.25. The van der Waals surface area contributed by atoms with Crippen molar-refractivity contribution in [2.24, 2.45) is 0 Å². The Bertz CT molecular complexity index is 4.00. The van der Waals surface area contributed by atoms with Crippen LogP contribution in [0.15, 0.2) is 0 Å². The normalized spacial score (nSPS) is 4.40. The molecule has 2 N–H and O–H groups in total. The molecule has 0 amide bonds. The van der Waals surface area contributed by atoms with Crippen LogP contribution >= 0.6 is 0 Å². The molecule has 0 unspecified atom stereocenters. The van der Waals surface area contributed by atoms with Gasteiger partial charge in [0.15, 0.2) is 0 Å². The Morgan fingerprint density at radius 3 is 1.20 bits per heavy atom. The zero-order valence-corrected chi connectivity index (χ0v) is 2.12. The fourth-order valence-electron chi connectivity index (χ4n) is 0. The fourth-order valence-corrected chi connectivity index (χ4v) is 0. The van der Waals surface area contributed by atoms with Gasteiger partial charge in [0, 0.05) is 9.93 Å². The third-order valence-electron chi connectivity index (χ3n) is 0. The van der Waals surface area contributed by atoms with Crippen LogP contribution in [0.2, 0.25) is 0 Å². The maximum atomic E-state index is 7.00. The van der Waals surface area contributed by atoms with E-state index in [9.17, 15) is 0 Å². The van der Waals surface area contributed by atoms with E-state index < -0.39 is 0 Å². The maximum absolute atomic E-state index is 7.00. The second-order valence-electron chi connectivity index (χ2n) is 0.0816. The summed E-state index contributed by atoms with van der Waals surface area (Å²) in [5.41, 5.74) is 0. The molecule has 5 heavy (non-hydrogen) atoms. The van der Waals surface area contributed by atoms with E-state index in [1.807, 2.05) is 0 Å². The third-order valence-corrected chi connectivity index (χ3v) is 0. The first-order chi connectivity index (χ1) is 2.41. The highest BCUT2D eigenvalue weighted by molar-refractivity contribution is 4.07. The van der Waals surface area contributed by atoms with Crippen LogP contribution < -0.4 is 0 Å². The van der Waals surface area contributed by atoms with Crippen molar-refractivity contribution in [1.29, 1.82) is 0 Å². The van der Waals surface area contributed by atoms with E-state index >= 15 is 0 Å². The van der Waals surface area contributed by atoms with Crippen molar-refractivity contribution in [3.05, 3.63) is 9.93 Å². The van der Waals surface area contributed by atoms with Crippen LogP contribution in [0.25, 0.3) is 0 Å². The van der Waals surface area contributed by atoms with Crippen molar-refractivity contribution in [2.75, 3.05) is 0 Å². The smallest absolute Gasteiger partial charge is 0 e. The highest BCUT2D eigenvalue weighted by Gasteiger charge is 1.27. The molecule has 0 bridgehead atoms. The Morgan fingerprint density at radius 2 is 1.20 bits per heavy atom. The molecule has 0 aromatic heterocycles. The Kier molecular flexibility index (Phi) is 164. The minimum absolute atomic E-state index is 2.25. The minimum Gasteiger partial charge on any atom is -0.221 e. The molecule has 5 nitrogen and oxygen atoms in total. The van der Waals surface area contributed by atoms with Gasteiger partial charge >= 0.3 is 0 Å². The van der Waals surface area contributed by atoms with Gasteiger partial charge in [-0.2, -0.15) is 0 Å². The van der Waals surface area contributed by atoms with Crippen LogP contribution in [0.4, 0.5) is 0 Å². The summed E-state index contributed by atoms with van der Waals surface area (Å²) < 4.78 is 0. The second kappa shape index (κ2) is 92.9. The lowest BCUT2D eigenvalue weighted by atomic mass is 14.6. The van der Waals surface area contributed by atoms with E-state index in [2.05, 4.69) is 5.04 Å². The Balaban J connectivity index is 0. The van der Waals surface area contributed by atoms with Crippen LogP contribution in [-0.2, 0) is 5.04 Å². The molecule has 0 spiro atoms. The summed E-state index contributed by atoms with van der Waals surface area (Å²) in [5, 5.41) is 15.5. The molecule has 32 valence electrons. The molecule has 0 fully saturated rings. The maximum Gasteiger partial charge on any atom is 0 e. The highest BCUT2D eigenvalue weighted by atomic mass is 17.4. The van der Waals surface area contributed by atoms with Gasteiger partial charge in [0.1, 0.15) is 0 Å². The van der Waals surface area contributed by atoms with E-state index in [4.69, 9.17) is 20.4 Å². The number of hydrogen-bond acceptors (Lipinski definition) is 5. The largest absolute Gasteiger partial charge is 0.221 e. The van der Waals surface area contributed by atoms with Crippen LogP contribution in [0.1, 0.15) is 0 Å². The van der Waals surface area contributed by atoms with Crippen LogP contribution in [0, 0.1) is 9.93 Å². The lowest BCUT2D eigenvalue weighted by Crippen LogP contribution is -1.60. The van der Waals surface area contributed by atoms with E-state index in [1.165, 1.54) is 0 Å². The predicted octanol–water partition coefficient (Wildman–Crippen LogP) is 0.0160. The molecule has 0 aliphatic carbocycles. The van der Waals surface area contributed by atoms with Gasteiger partial charge in [-0.15, -0.1) is 0 Å². The van der Waals surface area contributed by atoms with Crippen molar-refractivity contribution < 1.29 is 15.6 Å². The summed E-state index contributed by atoms with van der Waals surface area (Å²) in [6.45, 7) is 0. The van der Waals surface area contributed by atoms with Gasteiger partial charge in [0.2, 0.25) is 0 Å². The van der Waals surface area contributed by atoms with Crippen molar-refractivity contribution in [1.82, 2.24) is 0 Å². The summed E-state index contributed by atoms with van der Waals surface area (Å²) in [6, 6.07) is 0. The van der Waals surface area contributed by atoms with E-state index in [1.54, 1.807) is 0 Å². The van der Waals surface area contributed by atoms with E-state index in [0.29, 0.717) is 0 Å².